The first-order valence-corrected chi connectivity index (χ1v) is 8.34. The van der Waals surface area contributed by atoms with E-state index in [1.54, 1.807) is 19.2 Å². The fraction of sp³-hybridized carbons (Fsp3) is 0.294. The van der Waals surface area contributed by atoms with Gasteiger partial charge in [0.2, 0.25) is 6.10 Å². The largest absolute Gasteiger partial charge is 0.485 e. The second-order valence-electron chi connectivity index (χ2n) is 5.42. The van der Waals surface area contributed by atoms with E-state index in [1.807, 2.05) is 26.0 Å². The Balaban J connectivity index is 1.79. The Kier molecular flexibility index (Phi) is 4.44. The van der Waals surface area contributed by atoms with E-state index < -0.39 is 6.10 Å². The van der Waals surface area contributed by atoms with E-state index in [0.29, 0.717) is 22.1 Å². The van der Waals surface area contributed by atoms with Gasteiger partial charge in [-0.2, -0.15) is 0 Å². The van der Waals surface area contributed by atoms with Gasteiger partial charge in [0.1, 0.15) is 11.6 Å². The molecule has 0 saturated carbocycles. The van der Waals surface area contributed by atoms with Crippen LogP contribution in [0.1, 0.15) is 20.8 Å². The second-order valence-corrected chi connectivity index (χ2v) is 6.64. The molecular weight excluding hydrogens is 328 g/mol. The van der Waals surface area contributed by atoms with Gasteiger partial charge in [0.05, 0.1) is 5.56 Å². The molecule has 7 heteroatoms. The Labute approximate surface area is 143 Å². The quantitative estimate of drug-likeness (QED) is 0.895. The smallest absolute Gasteiger partial charge is 0.269 e. The van der Waals surface area contributed by atoms with Crippen molar-refractivity contribution >= 4 is 28.2 Å². The van der Waals surface area contributed by atoms with Crippen LogP contribution in [0.2, 0.25) is 0 Å². The summed E-state index contributed by atoms with van der Waals surface area (Å²) in [5, 5.41) is 5.93. The van der Waals surface area contributed by atoms with Crippen molar-refractivity contribution in [2.75, 3.05) is 19.0 Å². The fourth-order valence-electron chi connectivity index (χ4n) is 2.45. The third-order valence-electron chi connectivity index (χ3n) is 3.88. The highest BCUT2D eigenvalue weighted by atomic mass is 32.1. The highest BCUT2D eigenvalue weighted by Gasteiger charge is 2.29. The molecular formula is C17H18N2O4S. The molecule has 0 saturated heterocycles. The van der Waals surface area contributed by atoms with Gasteiger partial charge in [0.15, 0.2) is 11.5 Å². The van der Waals surface area contributed by atoms with Gasteiger partial charge in [-0.15, -0.1) is 11.3 Å². The number of aryl methyl sites for hydroxylation is 1. The van der Waals surface area contributed by atoms with Crippen molar-refractivity contribution in [1.82, 2.24) is 5.32 Å². The van der Waals surface area contributed by atoms with Crippen LogP contribution in [0.3, 0.4) is 0 Å². The molecule has 1 atom stereocenters. The molecule has 1 aromatic carbocycles. The molecule has 0 fully saturated rings. The second kappa shape index (κ2) is 6.52. The van der Waals surface area contributed by atoms with E-state index in [2.05, 4.69) is 10.6 Å². The molecule has 0 spiro atoms. The van der Waals surface area contributed by atoms with Gasteiger partial charge in [-0.3, -0.25) is 9.59 Å². The number of nitrogens with one attached hydrogen (secondary N) is 2. The molecule has 1 aliphatic heterocycles. The number of benzene rings is 1. The van der Waals surface area contributed by atoms with Crippen LogP contribution in [-0.2, 0) is 4.79 Å². The summed E-state index contributed by atoms with van der Waals surface area (Å²) in [5.74, 6) is 0.596. The predicted molar refractivity (Wildman–Crippen MR) is 92.2 cm³/mol. The molecule has 1 aromatic heterocycles. The minimum Gasteiger partial charge on any atom is -0.485 e. The lowest BCUT2D eigenvalue weighted by Crippen LogP contribution is -2.40. The third kappa shape index (κ3) is 2.94. The average Bonchev–Trinajstić information content (AvgIpc) is 2.87. The Hall–Kier alpha value is -2.54. The summed E-state index contributed by atoms with van der Waals surface area (Å²) in [6, 6.07) is 7.21. The lowest BCUT2D eigenvalue weighted by atomic mass is 10.1. The fourth-order valence-corrected chi connectivity index (χ4v) is 3.52. The summed E-state index contributed by atoms with van der Waals surface area (Å²) in [6.45, 7) is 3.91. The van der Waals surface area contributed by atoms with Gasteiger partial charge in [-0.25, -0.2) is 0 Å². The molecule has 1 unspecified atom stereocenters. The lowest BCUT2D eigenvalue weighted by molar-refractivity contribution is -0.125. The summed E-state index contributed by atoms with van der Waals surface area (Å²) in [5.41, 5.74) is 1.35. The number of anilines is 1. The van der Waals surface area contributed by atoms with Crippen LogP contribution in [0.15, 0.2) is 24.3 Å². The van der Waals surface area contributed by atoms with E-state index in [4.69, 9.17) is 9.47 Å². The van der Waals surface area contributed by atoms with E-state index in [0.717, 1.165) is 10.4 Å². The molecule has 0 radical (unpaired) electrons. The number of amides is 2. The van der Waals surface area contributed by atoms with Crippen LogP contribution in [0, 0.1) is 13.8 Å². The van der Waals surface area contributed by atoms with Gasteiger partial charge in [0.25, 0.3) is 11.8 Å². The maximum atomic E-state index is 12.5. The zero-order valence-electron chi connectivity index (χ0n) is 13.6. The maximum absolute atomic E-state index is 12.5. The van der Waals surface area contributed by atoms with Crippen LogP contribution in [0.25, 0.3) is 0 Å². The monoisotopic (exact) mass is 346 g/mol. The van der Waals surface area contributed by atoms with Crippen molar-refractivity contribution in [1.29, 1.82) is 0 Å². The number of rotatable bonds is 3. The molecule has 3 rings (SSSR count). The van der Waals surface area contributed by atoms with Crippen LogP contribution < -0.4 is 20.1 Å². The molecule has 0 bridgehead atoms. The predicted octanol–water partition coefficient (Wildman–Crippen LogP) is 2.50. The first-order chi connectivity index (χ1) is 11.5. The summed E-state index contributed by atoms with van der Waals surface area (Å²) >= 11 is 1.37. The summed E-state index contributed by atoms with van der Waals surface area (Å²) < 4.78 is 11.3. The van der Waals surface area contributed by atoms with Gasteiger partial charge < -0.3 is 20.1 Å². The number of thiophene rings is 1. The van der Waals surface area contributed by atoms with E-state index in [9.17, 15) is 9.59 Å². The highest BCUT2D eigenvalue weighted by molar-refractivity contribution is 7.16. The van der Waals surface area contributed by atoms with E-state index in [1.165, 1.54) is 11.3 Å². The Bertz CT molecular complexity index is 800. The Morgan fingerprint density at radius 3 is 2.62 bits per heavy atom. The Morgan fingerprint density at radius 1 is 1.21 bits per heavy atom. The van der Waals surface area contributed by atoms with Crippen molar-refractivity contribution in [3.8, 4) is 11.5 Å². The number of carbonyl (C=O) groups is 2. The number of hydrogen-bond acceptors (Lipinski definition) is 5. The normalized spacial score (nSPS) is 15.7. The lowest BCUT2D eigenvalue weighted by Gasteiger charge is -2.25. The molecule has 2 amide bonds. The molecule has 2 N–H and O–H groups in total. The molecule has 0 aliphatic carbocycles. The number of hydrogen-bond donors (Lipinski definition) is 2. The summed E-state index contributed by atoms with van der Waals surface area (Å²) in [4.78, 5) is 25.6. The number of ether oxygens (including phenoxy) is 2. The standard InChI is InChI=1S/C17H18N2O4S/c1-9-10(2)24-17(14(9)16(21)18-3)19-15(20)13-8-22-11-6-4-5-7-12(11)23-13/h4-7,13H,8H2,1-3H3,(H,18,21)(H,19,20). The number of fused-ring (bicyclic) bond motifs is 1. The average molecular weight is 346 g/mol. The van der Waals surface area contributed by atoms with Crippen LogP contribution in [0.5, 0.6) is 11.5 Å². The van der Waals surface area contributed by atoms with E-state index >= 15 is 0 Å². The maximum Gasteiger partial charge on any atom is 0.269 e. The first-order valence-electron chi connectivity index (χ1n) is 7.52. The van der Waals surface area contributed by atoms with Crippen molar-refractivity contribution in [2.45, 2.75) is 20.0 Å². The summed E-state index contributed by atoms with van der Waals surface area (Å²) in [7, 11) is 1.56. The van der Waals surface area contributed by atoms with Crippen LogP contribution in [-0.4, -0.2) is 31.6 Å². The minimum atomic E-state index is -0.764. The van der Waals surface area contributed by atoms with Gasteiger partial charge >= 0.3 is 0 Å². The van der Waals surface area contributed by atoms with Gasteiger partial charge in [0, 0.05) is 11.9 Å². The molecule has 1 aliphatic rings. The third-order valence-corrected chi connectivity index (χ3v) is 5.00. The highest BCUT2D eigenvalue weighted by Crippen LogP contribution is 2.34. The Morgan fingerprint density at radius 2 is 1.92 bits per heavy atom. The zero-order valence-corrected chi connectivity index (χ0v) is 14.5. The van der Waals surface area contributed by atoms with Gasteiger partial charge in [-0.05, 0) is 31.5 Å². The minimum absolute atomic E-state index is 0.126. The van der Waals surface area contributed by atoms with Gasteiger partial charge in [-0.1, -0.05) is 12.1 Å². The number of carbonyl (C=O) groups excluding carboxylic acids is 2. The first kappa shape index (κ1) is 16.3. The topological polar surface area (TPSA) is 76.7 Å². The van der Waals surface area contributed by atoms with Crippen molar-refractivity contribution in [2.24, 2.45) is 0 Å². The summed E-state index contributed by atoms with van der Waals surface area (Å²) in [6.07, 6.45) is -0.764. The van der Waals surface area contributed by atoms with Crippen molar-refractivity contribution < 1.29 is 19.1 Å². The zero-order chi connectivity index (χ0) is 17.3. The SMILES string of the molecule is CNC(=O)c1c(NC(=O)C2COc3ccccc3O2)sc(C)c1C. The van der Waals surface area contributed by atoms with E-state index in [-0.39, 0.29) is 18.4 Å². The van der Waals surface area contributed by atoms with Crippen molar-refractivity contribution in [3.05, 3.63) is 40.3 Å². The van der Waals surface area contributed by atoms with Crippen LogP contribution in [0.4, 0.5) is 5.00 Å². The molecule has 6 nitrogen and oxygen atoms in total. The molecule has 126 valence electrons. The van der Waals surface area contributed by atoms with Crippen molar-refractivity contribution in [3.63, 3.8) is 0 Å². The molecule has 2 aromatic rings. The number of para-hydroxylation sites is 2. The molecule has 24 heavy (non-hydrogen) atoms. The molecule has 2 heterocycles. The van der Waals surface area contributed by atoms with Crippen LogP contribution >= 0.6 is 11.3 Å².